The molecule has 0 bridgehead atoms. The summed E-state index contributed by atoms with van der Waals surface area (Å²) in [5, 5.41) is 19.9. The van der Waals surface area contributed by atoms with Gasteiger partial charge in [0.05, 0.1) is 27.4 Å². The minimum absolute atomic E-state index is 0.0286. The maximum absolute atomic E-state index is 9.94. The molecular formula is C20H26O7. The molecule has 148 valence electrons. The molecule has 2 aromatic carbocycles. The van der Waals surface area contributed by atoms with Crippen molar-refractivity contribution >= 4 is 0 Å². The summed E-state index contributed by atoms with van der Waals surface area (Å²) >= 11 is 0. The molecule has 0 radical (unpaired) electrons. The van der Waals surface area contributed by atoms with Crippen molar-refractivity contribution in [2.24, 2.45) is 0 Å². The van der Waals surface area contributed by atoms with Gasteiger partial charge in [0.25, 0.3) is 0 Å². The molecule has 7 nitrogen and oxygen atoms in total. The zero-order valence-corrected chi connectivity index (χ0v) is 15.5. The highest BCUT2D eigenvalue weighted by molar-refractivity contribution is 5.39. The average molecular weight is 378 g/mol. The van der Waals surface area contributed by atoms with Crippen LogP contribution < -0.4 is 18.9 Å². The highest BCUT2D eigenvalue weighted by Gasteiger charge is 2.12. The fourth-order valence-electron chi connectivity index (χ4n) is 2.28. The summed E-state index contributed by atoms with van der Waals surface area (Å²) in [6.45, 7) is 0.157. The van der Waals surface area contributed by atoms with Gasteiger partial charge in [-0.1, -0.05) is 24.3 Å². The summed E-state index contributed by atoms with van der Waals surface area (Å²) in [6, 6.07) is 14.4. The first kappa shape index (κ1) is 20.8. The molecule has 0 heterocycles. The number of aliphatic hydroxyl groups excluding tert-OH is 2. The molecule has 27 heavy (non-hydrogen) atoms. The summed E-state index contributed by atoms with van der Waals surface area (Å²) in [6.07, 6.45) is -1.67. The van der Waals surface area contributed by atoms with Gasteiger partial charge in [-0.15, -0.1) is 0 Å². The van der Waals surface area contributed by atoms with Crippen LogP contribution in [-0.4, -0.2) is 63.1 Å². The predicted molar refractivity (Wildman–Crippen MR) is 99.8 cm³/mol. The first-order chi connectivity index (χ1) is 13.1. The Morgan fingerprint density at radius 3 is 1.37 bits per heavy atom. The van der Waals surface area contributed by atoms with E-state index in [9.17, 15) is 10.2 Å². The minimum Gasteiger partial charge on any atom is -0.493 e. The van der Waals surface area contributed by atoms with Crippen molar-refractivity contribution < 1.29 is 33.9 Å². The van der Waals surface area contributed by atoms with Gasteiger partial charge < -0.3 is 33.9 Å². The van der Waals surface area contributed by atoms with Crippen LogP contribution in [0.2, 0.25) is 0 Å². The number of benzene rings is 2. The van der Waals surface area contributed by atoms with Crippen molar-refractivity contribution in [1.82, 2.24) is 0 Å². The summed E-state index contributed by atoms with van der Waals surface area (Å²) in [4.78, 5) is 0. The molecule has 0 fully saturated rings. The summed E-state index contributed by atoms with van der Waals surface area (Å²) in [5.41, 5.74) is 0. The highest BCUT2D eigenvalue weighted by Crippen LogP contribution is 2.26. The quantitative estimate of drug-likeness (QED) is 0.583. The molecule has 0 aromatic heterocycles. The van der Waals surface area contributed by atoms with Crippen molar-refractivity contribution in [1.29, 1.82) is 0 Å². The lowest BCUT2D eigenvalue weighted by molar-refractivity contribution is -0.0312. The zero-order chi connectivity index (χ0) is 19.5. The molecule has 2 unspecified atom stereocenters. The molecule has 2 aromatic rings. The lowest BCUT2D eigenvalue weighted by Gasteiger charge is -2.17. The molecule has 7 heteroatoms. The Labute approximate surface area is 159 Å². The first-order valence-corrected chi connectivity index (χ1v) is 8.59. The number of hydrogen-bond donors (Lipinski definition) is 2. The van der Waals surface area contributed by atoms with E-state index in [1.165, 1.54) is 0 Å². The van der Waals surface area contributed by atoms with Gasteiger partial charge in [0.1, 0.15) is 25.4 Å². The zero-order valence-electron chi connectivity index (χ0n) is 15.5. The number of aliphatic hydroxyl groups is 2. The average Bonchev–Trinajstić information content (AvgIpc) is 2.71. The van der Waals surface area contributed by atoms with Gasteiger partial charge in [0.2, 0.25) is 0 Å². The lowest BCUT2D eigenvalue weighted by atomic mass is 10.3. The largest absolute Gasteiger partial charge is 0.493 e. The fraction of sp³-hybridized carbons (Fsp3) is 0.400. The molecule has 0 saturated heterocycles. The Kier molecular flexibility index (Phi) is 8.70. The Morgan fingerprint density at radius 2 is 1.00 bits per heavy atom. The Morgan fingerprint density at radius 1 is 0.630 bits per heavy atom. The van der Waals surface area contributed by atoms with Gasteiger partial charge in [-0.3, -0.25) is 0 Å². The second-order valence-electron chi connectivity index (χ2n) is 5.77. The van der Waals surface area contributed by atoms with E-state index in [1.807, 2.05) is 24.3 Å². The molecule has 0 aliphatic carbocycles. The van der Waals surface area contributed by atoms with Crippen LogP contribution in [0.1, 0.15) is 0 Å². The van der Waals surface area contributed by atoms with Crippen LogP contribution in [0.25, 0.3) is 0 Å². The monoisotopic (exact) mass is 378 g/mol. The maximum atomic E-state index is 9.94. The van der Waals surface area contributed by atoms with Crippen LogP contribution in [-0.2, 0) is 4.74 Å². The van der Waals surface area contributed by atoms with Gasteiger partial charge in [-0.05, 0) is 24.3 Å². The highest BCUT2D eigenvalue weighted by atomic mass is 16.5. The molecule has 0 aliphatic heterocycles. The molecule has 0 amide bonds. The van der Waals surface area contributed by atoms with Crippen LogP contribution >= 0.6 is 0 Å². The Balaban J connectivity index is 1.65. The first-order valence-electron chi connectivity index (χ1n) is 8.59. The van der Waals surface area contributed by atoms with Gasteiger partial charge in [-0.2, -0.15) is 0 Å². The smallest absolute Gasteiger partial charge is 0.161 e. The summed E-state index contributed by atoms with van der Waals surface area (Å²) in [5.74, 6) is 2.28. The number of rotatable bonds is 12. The number of ether oxygens (including phenoxy) is 5. The van der Waals surface area contributed by atoms with Gasteiger partial charge in [-0.25, -0.2) is 0 Å². The van der Waals surface area contributed by atoms with Gasteiger partial charge in [0, 0.05) is 0 Å². The van der Waals surface area contributed by atoms with E-state index in [-0.39, 0.29) is 26.4 Å². The lowest BCUT2D eigenvalue weighted by Crippen LogP contribution is -2.28. The Hall–Kier alpha value is -2.48. The second-order valence-corrected chi connectivity index (χ2v) is 5.77. The summed E-state index contributed by atoms with van der Waals surface area (Å²) in [7, 11) is 3.10. The maximum Gasteiger partial charge on any atom is 0.161 e. The second kappa shape index (κ2) is 11.3. The van der Waals surface area contributed by atoms with E-state index in [4.69, 9.17) is 23.7 Å². The van der Waals surface area contributed by atoms with Crippen molar-refractivity contribution in [2.75, 3.05) is 40.6 Å². The van der Waals surface area contributed by atoms with Crippen LogP contribution in [0, 0.1) is 0 Å². The molecule has 2 N–H and O–H groups in total. The van der Waals surface area contributed by atoms with Crippen molar-refractivity contribution in [2.45, 2.75) is 12.2 Å². The van der Waals surface area contributed by atoms with E-state index in [0.717, 1.165) is 0 Å². The van der Waals surface area contributed by atoms with Crippen molar-refractivity contribution in [3.8, 4) is 23.0 Å². The standard InChI is InChI=1S/C20H26O7/c1-23-17-7-3-5-9-19(17)26-13-15(21)11-25-12-16(22)14-27-20-10-6-4-8-18(20)24-2/h3-10,15-16,21-22H,11-14H2,1-2H3. The predicted octanol–water partition coefficient (Wildman–Crippen LogP) is 1.90. The molecule has 0 spiro atoms. The third-order valence-electron chi connectivity index (χ3n) is 3.62. The topological polar surface area (TPSA) is 86.6 Å². The van der Waals surface area contributed by atoms with Gasteiger partial charge >= 0.3 is 0 Å². The number of methoxy groups -OCH3 is 2. The van der Waals surface area contributed by atoms with Crippen LogP contribution in [0.3, 0.4) is 0 Å². The van der Waals surface area contributed by atoms with E-state index in [2.05, 4.69) is 0 Å². The van der Waals surface area contributed by atoms with E-state index in [0.29, 0.717) is 23.0 Å². The SMILES string of the molecule is COc1ccccc1OCC(O)COCC(O)COc1ccccc1OC. The number of para-hydroxylation sites is 4. The normalized spacial score (nSPS) is 12.9. The van der Waals surface area contributed by atoms with Crippen LogP contribution in [0.5, 0.6) is 23.0 Å². The van der Waals surface area contributed by atoms with E-state index < -0.39 is 12.2 Å². The third-order valence-corrected chi connectivity index (χ3v) is 3.62. The van der Waals surface area contributed by atoms with Crippen molar-refractivity contribution in [3.05, 3.63) is 48.5 Å². The summed E-state index contributed by atoms with van der Waals surface area (Å²) < 4.78 is 26.7. The molecular weight excluding hydrogens is 352 g/mol. The Bertz CT molecular complexity index is 619. The van der Waals surface area contributed by atoms with Crippen LogP contribution in [0.4, 0.5) is 0 Å². The number of hydrogen-bond acceptors (Lipinski definition) is 7. The van der Waals surface area contributed by atoms with Crippen molar-refractivity contribution in [3.63, 3.8) is 0 Å². The van der Waals surface area contributed by atoms with E-state index >= 15 is 0 Å². The van der Waals surface area contributed by atoms with Crippen LogP contribution in [0.15, 0.2) is 48.5 Å². The molecule has 0 aliphatic rings. The van der Waals surface area contributed by atoms with Gasteiger partial charge in [0.15, 0.2) is 23.0 Å². The third kappa shape index (κ3) is 6.97. The fourth-order valence-corrected chi connectivity index (χ4v) is 2.28. The molecule has 0 saturated carbocycles. The van der Waals surface area contributed by atoms with E-state index in [1.54, 1.807) is 38.5 Å². The minimum atomic E-state index is -0.836. The molecule has 2 rings (SSSR count). The molecule has 2 atom stereocenters.